The Hall–Kier alpha value is -2.44. The number of aryl methyl sites for hydroxylation is 1. The largest absolute Gasteiger partial charge is 0.480 e. The molecule has 0 unspecified atom stereocenters. The second-order valence-corrected chi connectivity index (χ2v) is 3.94. The third-order valence-corrected chi connectivity index (χ3v) is 2.66. The molecule has 1 aromatic carbocycles. The summed E-state index contributed by atoms with van der Waals surface area (Å²) in [5, 5.41) is 19.7. The minimum atomic E-state index is -1.16. The minimum absolute atomic E-state index is 0.0596. The Balaban J connectivity index is 3.24. The second-order valence-electron chi connectivity index (χ2n) is 3.94. The maximum Gasteiger partial charge on any atom is 0.323 e. The molecule has 0 aliphatic carbocycles. The lowest BCUT2D eigenvalue weighted by atomic mass is 10.1. The molecule has 0 saturated carbocycles. The van der Waals surface area contributed by atoms with Gasteiger partial charge >= 0.3 is 5.97 Å². The molecular weight excluding hydrogens is 252 g/mol. The van der Waals surface area contributed by atoms with Crippen molar-refractivity contribution in [2.45, 2.75) is 13.8 Å². The number of carbonyl (C=O) groups is 2. The van der Waals surface area contributed by atoms with Crippen molar-refractivity contribution in [2.75, 3.05) is 13.1 Å². The highest BCUT2D eigenvalue weighted by Crippen LogP contribution is 2.23. The first-order chi connectivity index (χ1) is 8.88. The number of nitro benzene ring substituents is 1. The van der Waals surface area contributed by atoms with Gasteiger partial charge in [0.25, 0.3) is 11.6 Å². The summed E-state index contributed by atoms with van der Waals surface area (Å²) in [5.41, 5.74) is 0.0764. The molecule has 19 heavy (non-hydrogen) atoms. The fourth-order valence-electron chi connectivity index (χ4n) is 1.73. The fourth-order valence-corrected chi connectivity index (χ4v) is 1.73. The molecule has 0 saturated heterocycles. The first-order valence-electron chi connectivity index (χ1n) is 5.63. The number of amides is 1. The van der Waals surface area contributed by atoms with Crippen LogP contribution in [-0.2, 0) is 4.79 Å². The minimum Gasteiger partial charge on any atom is -0.480 e. The predicted octanol–water partition coefficient (Wildman–Crippen LogP) is 1.45. The number of nitrogens with zero attached hydrogens (tertiary/aromatic N) is 2. The average molecular weight is 266 g/mol. The number of hydrogen-bond donors (Lipinski definition) is 1. The molecule has 0 spiro atoms. The van der Waals surface area contributed by atoms with Crippen molar-refractivity contribution in [3.05, 3.63) is 39.4 Å². The van der Waals surface area contributed by atoms with Crippen LogP contribution in [0.5, 0.6) is 0 Å². The Bertz CT molecular complexity index is 527. The number of likely N-dealkylation sites (N-methyl/N-ethyl adjacent to an activating group) is 1. The van der Waals surface area contributed by atoms with Gasteiger partial charge in [-0.15, -0.1) is 0 Å². The quantitative estimate of drug-likeness (QED) is 0.642. The molecule has 0 radical (unpaired) electrons. The van der Waals surface area contributed by atoms with Gasteiger partial charge in [-0.05, 0) is 19.4 Å². The van der Waals surface area contributed by atoms with Crippen LogP contribution in [0.1, 0.15) is 22.8 Å². The van der Waals surface area contributed by atoms with E-state index in [4.69, 9.17) is 5.11 Å². The molecule has 7 heteroatoms. The van der Waals surface area contributed by atoms with E-state index in [0.29, 0.717) is 5.56 Å². The molecule has 0 aromatic heterocycles. The van der Waals surface area contributed by atoms with Gasteiger partial charge in [0.05, 0.1) is 4.92 Å². The lowest BCUT2D eigenvalue weighted by Gasteiger charge is -2.19. The highest BCUT2D eigenvalue weighted by molar-refractivity contribution is 6.00. The van der Waals surface area contributed by atoms with Crippen LogP contribution < -0.4 is 0 Å². The molecule has 102 valence electrons. The van der Waals surface area contributed by atoms with E-state index in [1.54, 1.807) is 19.9 Å². The molecule has 7 nitrogen and oxygen atoms in total. The van der Waals surface area contributed by atoms with Crippen LogP contribution in [0.25, 0.3) is 0 Å². The lowest BCUT2D eigenvalue weighted by molar-refractivity contribution is -0.385. The molecule has 0 bridgehead atoms. The van der Waals surface area contributed by atoms with Gasteiger partial charge in [-0.3, -0.25) is 19.7 Å². The van der Waals surface area contributed by atoms with Crippen molar-refractivity contribution in [3.63, 3.8) is 0 Å². The number of benzene rings is 1. The van der Waals surface area contributed by atoms with Crippen LogP contribution in [0, 0.1) is 17.0 Å². The van der Waals surface area contributed by atoms with Gasteiger partial charge in [-0.25, -0.2) is 0 Å². The van der Waals surface area contributed by atoms with E-state index >= 15 is 0 Å². The van der Waals surface area contributed by atoms with Gasteiger partial charge in [-0.2, -0.15) is 0 Å². The zero-order valence-electron chi connectivity index (χ0n) is 10.6. The number of carboxylic acids is 1. The van der Waals surface area contributed by atoms with E-state index in [9.17, 15) is 19.7 Å². The average Bonchev–Trinajstić information content (AvgIpc) is 2.34. The third kappa shape index (κ3) is 3.27. The summed E-state index contributed by atoms with van der Waals surface area (Å²) in [6.45, 7) is 2.87. The van der Waals surface area contributed by atoms with Crippen molar-refractivity contribution >= 4 is 17.6 Å². The zero-order chi connectivity index (χ0) is 14.6. The summed E-state index contributed by atoms with van der Waals surface area (Å²) in [6, 6.07) is 4.29. The van der Waals surface area contributed by atoms with E-state index in [0.717, 1.165) is 4.90 Å². The summed E-state index contributed by atoms with van der Waals surface area (Å²) in [4.78, 5) is 34.2. The number of rotatable bonds is 5. The van der Waals surface area contributed by atoms with Crippen LogP contribution in [0.15, 0.2) is 18.2 Å². The van der Waals surface area contributed by atoms with E-state index < -0.39 is 23.3 Å². The van der Waals surface area contributed by atoms with Crippen LogP contribution in [0.2, 0.25) is 0 Å². The van der Waals surface area contributed by atoms with Crippen LogP contribution in [-0.4, -0.2) is 39.9 Å². The topological polar surface area (TPSA) is 101 Å². The van der Waals surface area contributed by atoms with Gasteiger partial charge < -0.3 is 10.0 Å². The van der Waals surface area contributed by atoms with Gasteiger partial charge in [0, 0.05) is 12.6 Å². The Morgan fingerprint density at radius 3 is 2.53 bits per heavy atom. The SMILES string of the molecule is CCN(CC(=O)O)C(=O)c1c(C)cccc1[N+](=O)[O-]. The Morgan fingerprint density at radius 1 is 1.42 bits per heavy atom. The Morgan fingerprint density at radius 2 is 2.05 bits per heavy atom. The van der Waals surface area contributed by atoms with Crippen molar-refractivity contribution in [1.82, 2.24) is 4.90 Å². The van der Waals surface area contributed by atoms with E-state index in [1.807, 2.05) is 0 Å². The molecular formula is C12H14N2O5. The maximum absolute atomic E-state index is 12.2. The molecule has 1 amide bonds. The third-order valence-electron chi connectivity index (χ3n) is 2.66. The van der Waals surface area contributed by atoms with Gasteiger partial charge in [0.1, 0.15) is 12.1 Å². The maximum atomic E-state index is 12.2. The molecule has 1 N–H and O–H groups in total. The standard InChI is InChI=1S/C12H14N2O5/c1-3-13(7-10(15)16)12(17)11-8(2)5-4-6-9(11)14(18)19/h4-6H,3,7H2,1-2H3,(H,15,16). The van der Waals surface area contributed by atoms with Gasteiger partial charge in [0.2, 0.25) is 0 Å². The van der Waals surface area contributed by atoms with Crippen molar-refractivity contribution in [2.24, 2.45) is 0 Å². The van der Waals surface area contributed by atoms with Crippen LogP contribution in [0.3, 0.4) is 0 Å². The fraction of sp³-hybridized carbons (Fsp3) is 0.333. The Labute approximate surface area is 109 Å². The van der Waals surface area contributed by atoms with Crippen LogP contribution >= 0.6 is 0 Å². The van der Waals surface area contributed by atoms with Gasteiger partial charge in [0.15, 0.2) is 0 Å². The molecule has 0 aliphatic rings. The number of carbonyl (C=O) groups excluding carboxylic acids is 1. The first-order valence-corrected chi connectivity index (χ1v) is 5.63. The smallest absolute Gasteiger partial charge is 0.323 e. The number of carboxylic acid groups (broad SMARTS) is 1. The van der Waals surface area contributed by atoms with E-state index in [-0.39, 0.29) is 17.8 Å². The normalized spacial score (nSPS) is 10.0. The molecule has 0 atom stereocenters. The van der Waals surface area contributed by atoms with Crippen molar-refractivity contribution in [3.8, 4) is 0 Å². The van der Waals surface area contributed by atoms with Crippen molar-refractivity contribution in [1.29, 1.82) is 0 Å². The molecule has 1 aromatic rings. The Kier molecular flexibility index (Phi) is 4.57. The zero-order valence-corrected chi connectivity index (χ0v) is 10.6. The van der Waals surface area contributed by atoms with Crippen LogP contribution in [0.4, 0.5) is 5.69 Å². The molecule has 0 aliphatic heterocycles. The molecule has 0 heterocycles. The number of aliphatic carboxylic acids is 1. The lowest BCUT2D eigenvalue weighted by Crippen LogP contribution is -2.36. The number of nitro groups is 1. The summed E-state index contributed by atoms with van der Waals surface area (Å²) >= 11 is 0. The number of hydrogen-bond acceptors (Lipinski definition) is 4. The highest BCUT2D eigenvalue weighted by Gasteiger charge is 2.26. The summed E-state index contributed by atoms with van der Waals surface area (Å²) < 4.78 is 0. The highest BCUT2D eigenvalue weighted by atomic mass is 16.6. The van der Waals surface area contributed by atoms with Crippen molar-refractivity contribution < 1.29 is 19.6 Å². The van der Waals surface area contributed by atoms with E-state index in [2.05, 4.69) is 0 Å². The monoisotopic (exact) mass is 266 g/mol. The molecule has 0 fully saturated rings. The predicted molar refractivity (Wildman–Crippen MR) is 67.0 cm³/mol. The van der Waals surface area contributed by atoms with E-state index in [1.165, 1.54) is 12.1 Å². The van der Waals surface area contributed by atoms with Gasteiger partial charge in [-0.1, -0.05) is 12.1 Å². The summed E-state index contributed by atoms with van der Waals surface area (Å²) in [5.74, 6) is -1.80. The first kappa shape index (κ1) is 14.6. The molecule has 1 rings (SSSR count). The second kappa shape index (κ2) is 5.94. The summed E-state index contributed by atoms with van der Waals surface area (Å²) in [6.07, 6.45) is 0. The summed E-state index contributed by atoms with van der Waals surface area (Å²) in [7, 11) is 0.